The zero-order valence-corrected chi connectivity index (χ0v) is 15.9. The van der Waals surface area contributed by atoms with Crippen molar-refractivity contribution in [2.24, 2.45) is 0 Å². The van der Waals surface area contributed by atoms with Crippen LogP contribution in [0.2, 0.25) is 0 Å². The van der Waals surface area contributed by atoms with Gasteiger partial charge in [-0.25, -0.2) is 9.78 Å². The number of benzene rings is 2. The van der Waals surface area contributed by atoms with Crippen molar-refractivity contribution >= 4 is 34.0 Å². The van der Waals surface area contributed by atoms with Gasteiger partial charge in [0, 0.05) is 26.2 Å². The maximum atomic E-state index is 12.9. The van der Waals surface area contributed by atoms with Gasteiger partial charge in [0.2, 0.25) is 11.9 Å². The van der Waals surface area contributed by atoms with Gasteiger partial charge in [0.05, 0.1) is 16.6 Å². The van der Waals surface area contributed by atoms with Crippen LogP contribution >= 0.6 is 0 Å². The van der Waals surface area contributed by atoms with Gasteiger partial charge in [0.1, 0.15) is 6.54 Å². The summed E-state index contributed by atoms with van der Waals surface area (Å²) in [5.41, 5.74) is 3.08. The van der Waals surface area contributed by atoms with Crippen molar-refractivity contribution in [3.8, 4) is 0 Å². The molecule has 0 saturated carbocycles. The second-order valence-electron chi connectivity index (χ2n) is 7.22. The molecule has 29 heavy (non-hydrogen) atoms. The number of aromatic amines is 1. The number of nitrogens with one attached hydrogen (secondary N) is 1. The third kappa shape index (κ3) is 3.26. The molecule has 0 unspecified atom stereocenters. The minimum absolute atomic E-state index is 0.0134. The highest BCUT2D eigenvalue weighted by Gasteiger charge is 2.22. The van der Waals surface area contributed by atoms with Crippen LogP contribution in [0.3, 0.4) is 0 Å². The zero-order chi connectivity index (χ0) is 19.8. The maximum Gasteiger partial charge on any atom is 0.420 e. The van der Waals surface area contributed by atoms with Crippen molar-refractivity contribution in [2.75, 3.05) is 31.1 Å². The van der Waals surface area contributed by atoms with Gasteiger partial charge < -0.3 is 19.2 Å². The van der Waals surface area contributed by atoms with Crippen LogP contribution in [0.1, 0.15) is 6.42 Å². The number of aromatic nitrogens is 3. The van der Waals surface area contributed by atoms with Crippen LogP contribution < -0.4 is 10.7 Å². The van der Waals surface area contributed by atoms with Crippen molar-refractivity contribution < 1.29 is 9.21 Å². The fraction of sp³-hybridized carbons (Fsp3) is 0.286. The molecule has 5 rings (SSSR count). The number of hydrogen-bond acceptors (Lipinski definition) is 5. The lowest BCUT2D eigenvalue weighted by atomic mass is 10.3. The predicted molar refractivity (Wildman–Crippen MR) is 110 cm³/mol. The Balaban J connectivity index is 1.30. The molecule has 1 aliphatic heterocycles. The van der Waals surface area contributed by atoms with Gasteiger partial charge in [-0.3, -0.25) is 9.36 Å². The Morgan fingerprint density at radius 2 is 1.86 bits per heavy atom. The Labute approximate surface area is 166 Å². The fourth-order valence-corrected chi connectivity index (χ4v) is 3.87. The predicted octanol–water partition coefficient (Wildman–Crippen LogP) is 2.21. The summed E-state index contributed by atoms with van der Waals surface area (Å²) in [5, 5.41) is 0. The van der Waals surface area contributed by atoms with Crippen LogP contribution in [0.4, 0.5) is 5.95 Å². The molecule has 0 radical (unpaired) electrons. The summed E-state index contributed by atoms with van der Waals surface area (Å²) in [5.74, 6) is 0.251. The van der Waals surface area contributed by atoms with Gasteiger partial charge in [0.25, 0.3) is 0 Å². The Morgan fingerprint density at radius 3 is 2.76 bits per heavy atom. The summed E-state index contributed by atoms with van der Waals surface area (Å²) in [7, 11) is 0. The van der Waals surface area contributed by atoms with Crippen LogP contribution in [0.15, 0.2) is 57.7 Å². The Morgan fingerprint density at radius 1 is 1.03 bits per heavy atom. The highest BCUT2D eigenvalue weighted by molar-refractivity contribution is 5.80. The fourth-order valence-electron chi connectivity index (χ4n) is 3.87. The number of imidazole rings is 1. The smallest absolute Gasteiger partial charge is 0.408 e. The third-order valence-corrected chi connectivity index (χ3v) is 5.39. The van der Waals surface area contributed by atoms with Crippen molar-refractivity contribution in [1.82, 2.24) is 19.4 Å². The van der Waals surface area contributed by atoms with E-state index in [-0.39, 0.29) is 12.5 Å². The molecule has 0 aliphatic carbocycles. The van der Waals surface area contributed by atoms with Gasteiger partial charge in [0.15, 0.2) is 5.58 Å². The number of amides is 1. The summed E-state index contributed by atoms with van der Waals surface area (Å²) >= 11 is 0. The van der Waals surface area contributed by atoms with Crippen molar-refractivity contribution in [3.63, 3.8) is 0 Å². The molecule has 1 amide bonds. The van der Waals surface area contributed by atoms with E-state index in [1.165, 1.54) is 4.57 Å². The number of nitrogens with zero attached hydrogens (tertiary/aromatic N) is 4. The van der Waals surface area contributed by atoms with Crippen molar-refractivity contribution in [1.29, 1.82) is 0 Å². The average Bonchev–Trinajstić information content (AvgIpc) is 3.19. The highest BCUT2D eigenvalue weighted by Crippen LogP contribution is 2.19. The van der Waals surface area contributed by atoms with Gasteiger partial charge in [-0.05, 0) is 30.7 Å². The van der Waals surface area contributed by atoms with E-state index in [9.17, 15) is 9.59 Å². The molecule has 0 spiro atoms. The normalized spacial score (nSPS) is 15.2. The molecular formula is C21H21N5O3. The molecule has 2 aromatic heterocycles. The molecule has 1 aliphatic rings. The number of hydrogen-bond donors (Lipinski definition) is 1. The number of carbonyl (C=O) groups excluding carboxylic acids is 1. The number of oxazole rings is 1. The van der Waals surface area contributed by atoms with Crippen LogP contribution in [0.25, 0.3) is 22.1 Å². The molecule has 1 N–H and O–H groups in total. The first-order valence-corrected chi connectivity index (χ1v) is 9.75. The first-order chi connectivity index (χ1) is 14.2. The maximum absolute atomic E-state index is 12.9. The quantitative estimate of drug-likeness (QED) is 0.579. The summed E-state index contributed by atoms with van der Waals surface area (Å²) in [6.07, 6.45) is 0.837. The first kappa shape index (κ1) is 17.5. The molecule has 4 aromatic rings. The zero-order valence-electron chi connectivity index (χ0n) is 15.9. The molecule has 1 saturated heterocycles. The van der Waals surface area contributed by atoms with Gasteiger partial charge in [-0.2, -0.15) is 0 Å². The van der Waals surface area contributed by atoms with Crippen LogP contribution in [-0.2, 0) is 11.3 Å². The van der Waals surface area contributed by atoms with E-state index in [1.54, 1.807) is 18.2 Å². The van der Waals surface area contributed by atoms with Crippen LogP contribution in [-0.4, -0.2) is 51.5 Å². The van der Waals surface area contributed by atoms with E-state index in [0.29, 0.717) is 30.7 Å². The lowest BCUT2D eigenvalue weighted by Crippen LogP contribution is -2.38. The summed E-state index contributed by atoms with van der Waals surface area (Å²) in [6.45, 7) is 2.73. The van der Waals surface area contributed by atoms with Gasteiger partial charge in [-0.15, -0.1) is 0 Å². The van der Waals surface area contributed by atoms with Crippen molar-refractivity contribution in [2.45, 2.75) is 13.0 Å². The number of carbonyl (C=O) groups is 1. The Bertz CT molecular complexity index is 1200. The van der Waals surface area contributed by atoms with E-state index >= 15 is 0 Å². The minimum Gasteiger partial charge on any atom is -0.408 e. The van der Waals surface area contributed by atoms with Gasteiger partial charge in [-0.1, -0.05) is 24.3 Å². The summed E-state index contributed by atoms with van der Waals surface area (Å²) < 4.78 is 6.63. The van der Waals surface area contributed by atoms with Crippen LogP contribution in [0, 0.1) is 0 Å². The number of fused-ring (bicyclic) bond motifs is 2. The minimum atomic E-state index is -0.502. The van der Waals surface area contributed by atoms with E-state index in [4.69, 9.17) is 4.42 Å². The standard InChI is InChI=1S/C21H21N5O3/c27-19(14-26-17-8-3-4-9-18(17)29-21(26)28)24-10-5-11-25(13-12-24)20-22-15-6-1-2-7-16(15)23-20/h1-4,6-9H,5,10-14H2,(H,22,23). The second kappa shape index (κ2) is 7.12. The SMILES string of the molecule is O=C(Cn1c(=O)oc2ccccc21)N1CCCN(c2nc3ccccc3[nH]2)CC1. The average molecular weight is 391 g/mol. The number of H-pyrrole nitrogens is 1. The number of anilines is 1. The molecule has 8 nitrogen and oxygen atoms in total. The third-order valence-electron chi connectivity index (χ3n) is 5.39. The molecule has 0 bridgehead atoms. The second-order valence-corrected chi connectivity index (χ2v) is 7.22. The molecule has 2 aromatic carbocycles. The lowest BCUT2D eigenvalue weighted by molar-refractivity contribution is -0.131. The molecule has 148 valence electrons. The van der Waals surface area contributed by atoms with Crippen molar-refractivity contribution in [3.05, 3.63) is 59.1 Å². The van der Waals surface area contributed by atoms with E-state index in [0.717, 1.165) is 29.9 Å². The highest BCUT2D eigenvalue weighted by atomic mass is 16.4. The molecule has 8 heteroatoms. The summed E-state index contributed by atoms with van der Waals surface area (Å²) in [6, 6.07) is 15.1. The van der Waals surface area contributed by atoms with Crippen LogP contribution in [0.5, 0.6) is 0 Å². The van der Waals surface area contributed by atoms with E-state index in [1.807, 2.05) is 35.2 Å². The van der Waals surface area contributed by atoms with Gasteiger partial charge >= 0.3 is 5.76 Å². The first-order valence-electron chi connectivity index (χ1n) is 9.75. The monoisotopic (exact) mass is 391 g/mol. The largest absolute Gasteiger partial charge is 0.420 e. The topological polar surface area (TPSA) is 87.4 Å². The number of para-hydroxylation sites is 4. The molecule has 1 fully saturated rings. The molecular weight excluding hydrogens is 370 g/mol. The molecule has 3 heterocycles. The Hall–Kier alpha value is -3.55. The summed E-state index contributed by atoms with van der Waals surface area (Å²) in [4.78, 5) is 37.0. The number of rotatable bonds is 3. The van der Waals surface area contributed by atoms with E-state index in [2.05, 4.69) is 14.9 Å². The lowest BCUT2D eigenvalue weighted by Gasteiger charge is -2.21. The molecule has 0 atom stereocenters. The Kier molecular flexibility index (Phi) is 4.31. The van der Waals surface area contributed by atoms with E-state index < -0.39 is 5.76 Å².